The molecule has 0 saturated heterocycles. The quantitative estimate of drug-likeness (QED) is 0.799. The van der Waals surface area contributed by atoms with Crippen LogP contribution in [0.3, 0.4) is 0 Å². The molecule has 0 aromatic heterocycles. The maximum absolute atomic E-state index is 10.4. The van der Waals surface area contributed by atoms with Gasteiger partial charge in [-0.05, 0) is 34.4 Å². The smallest absolute Gasteiger partial charge is 0.122 e. The van der Waals surface area contributed by atoms with Gasteiger partial charge >= 0.3 is 0 Å². The molecule has 0 radical (unpaired) electrons. The first kappa shape index (κ1) is 14.1. The Morgan fingerprint density at radius 3 is 2.18 bits per heavy atom. The van der Waals surface area contributed by atoms with Crippen LogP contribution in [0.2, 0.25) is 0 Å². The molecule has 0 aliphatic heterocycles. The molecule has 96 valence electrons. The summed E-state index contributed by atoms with van der Waals surface area (Å²) < 4.78 is 0. The fraction of sp³-hybridized carbons (Fsp3) is 0.625. The Morgan fingerprint density at radius 2 is 1.76 bits per heavy atom. The van der Waals surface area contributed by atoms with Crippen LogP contribution in [0.15, 0.2) is 12.1 Å². The molecule has 0 aliphatic carbocycles. The van der Waals surface area contributed by atoms with Crippen molar-refractivity contribution in [2.45, 2.75) is 65.7 Å². The van der Waals surface area contributed by atoms with Gasteiger partial charge in [0, 0.05) is 0 Å². The molecule has 0 heterocycles. The zero-order valence-corrected chi connectivity index (χ0v) is 12.1. The highest BCUT2D eigenvalue weighted by molar-refractivity contribution is 5.48. The largest absolute Gasteiger partial charge is 0.507 e. The highest BCUT2D eigenvalue weighted by Gasteiger charge is 2.22. The Balaban J connectivity index is 3.38. The fourth-order valence-electron chi connectivity index (χ4n) is 2.16. The lowest BCUT2D eigenvalue weighted by molar-refractivity contribution is 0.437. The van der Waals surface area contributed by atoms with Gasteiger partial charge in [0.2, 0.25) is 0 Å². The fourth-order valence-corrected chi connectivity index (χ4v) is 2.16. The van der Waals surface area contributed by atoms with E-state index in [-0.39, 0.29) is 5.41 Å². The average molecular weight is 234 g/mol. The zero-order valence-electron chi connectivity index (χ0n) is 12.1. The van der Waals surface area contributed by atoms with E-state index in [0.29, 0.717) is 11.7 Å². The summed E-state index contributed by atoms with van der Waals surface area (Å²) in [5.74, 6) is 0.861. The van der Waals surface area contributed by atoms with Crippen LogP contribution in [0.1, 0.15) is 70.6 Å². The molecular weight excluding hydrogens is 208 g/mol. The van der Waals surface area contributed by atoms with Crippen LogP contribution in [0, 0.1) is 0 Å². The van der Waals surface area contributed by atoms with Gasteiger partial charge in [-0.3, -0.25) is 0 Å². The van der Waals surface area contributed by atoms with Gasteiger partial charge in [0.25, 0.3) is 0 Å². The van der Waals surface area contributed by atoms with Crippen molar-refractivity contribution in [1.29, 1.82) is 0 Å². The molecule has 1 heteroatoms. The van der Waals surface area contributed by atoms with Crippen molar-refractivity contribution < 1.29 is 5.11 Å². The van der Waals surface area contributed by atoms with Crippen LogP contribution in [-0.2, 0) is 11.8 Å². The highest BCUT2D eigenvalue weighted by atomic mass is 16.3. The SMILES string of the molecule is CCCc1cc(C(C)C)c(O)c(C(C)(C)C)c1. The second kappa shape index (κ2) is 5.12. The van der Waals surface area contributed by atoms with Gasteiger partial charge in [-0.2, -0.15) is 0 Å². The lowest BCUT2D eigenvalue weighted by Gasteiger charge is -2.24. The van der Waals surface area contributed by atoms with E-state index in [0.717, 1.165) is 24.0 Å². The topological polar surface area (TPSA) is 20.2 Å². The van der Waals surface area contributed by atoms with Gasteiger partial charge in [-0.1, -0.05) is 60.1 Å². The summed E-state index contributed by atoms with van der Waals surface area (Å²) in [6, 6.07) is 4.34. The van der Waals surface area contributed by atoms with Gasteiger partial charge in [-0.25, -0.2) is 0 Å². The van der Waals surface area contributed by atoms with E-state index < -0.39 is 0 Å². The number of phenols is 1. The van der Waals surface area contributed by atoms with Gasteiger partial charge in [-0.15, -0.1) is 0 Å². The number of phenolic OH excluding ortho intramolecular Hbond substituents is 1. The van der Waals surface area contributed by atoms with Crippen molar-refractivity contribution >= 4 is 0 Å². The summed E-state index contributed by atoms with van der Waals surface area (Å²) in [6.07, 6.45) is 2.23. The number of hydrogen-bond donors (Lipinski definition) is 1. The zero-order chi connectivity index (χ0) is 13.2. The third kappa shape index (κ3) is 3.24. The predicted molar refractivity (Wildman–Crippen MR) is 74.9 cm³/mol. The molecule has 0 bridgehead atoms. The molecule has 1 rings (SSSR count). The predicted octanol–water partition coefficient (Wildman–Crippen LogP) is 4.77. The van der Waals surface area contributed by atoms with Crippen LogP contribution < -0.4 is 0 Å². The molecule has 1 nitrogen and oxygen atoms in total. The summed E-state index contributed by atoms with van der Waals surface area (Å²) in [7, 11) is 0. The van der Waals surface area contributed by atoms with Crippen LogP contribution >= 0.6 is 0 Å². The molecule has 0 atom stereocenters. The minimum atomic E-state index is -0.00251. The molecule has 0 unspecified atom stereocenters. The van der Waals surface area contributed by atoms with Gasteiger partial charge in [0.15, 0.2) is 0 Å². The Kier molecular flexibility index (Phi) is 4.24. The van der Waals surface area contributed by atoms with E-state index in [2.05, 4.69) is 53.7 Å². The monoisotopic (exact) mass is 234 g/mol. The molecule has 1 aromatic carbocycles. The summed E-state index contributed by atoms with van der Waals surface area (Å²) in [5, 5.41) is 10.4. The van der Waals surface area contributed by atoms with E-state index in [1.165, 1.54) is 5.56 Å². The Morgan fingerprint density at radius 1 is 1.18 bits per heavy atom. The molecule has 0 aliphatic rings. The lowest BCUT2D eigenvalue weighted by Crippen LogP contribution is -2.13. The molecule has 17 heavy (non-hydrogen) atoms. The third-order valence-corrected chi connectivity index (χ3v) is 3.17. The lowest BCUT2D eigenvalue weighted by atomic mass is 9.82. The van der Waals surface area contributed by atoms with Crippen molar-refractivity contribution in [2.75, 3.05) is 0 Å². The number of aryl methyl sites for hydroxylation is 1. The first-order valence-corrected chi connectivity index (χ1v) is 6.63. The van der Waals surface area contributed by atoms with Crippen molar-refractivity contribution in [2.24, 2.45) is 0 Å². The summed E-state index contributed by atoms with van der Waals surface area (Å²) in [6.45, 7) is 12.9. The average Bonchev–Trinajstić information content (AvgIpc) is 2.18. The van der Waals surface area contributed by atoms with E-state index >= 15 is 0 Å². The normalized spacial score (nSPS) is 12.2. The first-order chi connectivity index (χ1) is 7.77. The minimum absolute atomic E-state index is 0.00251. The summed E-state index contributed by atoms with van der Waals surface area (Å²) in [4.78, 5) is 0. The van der Waals surface area contributed by atoms with Crippen molar-refractivity contribution in [1.82, 2.24) is 0 Å². The molecule has 1 aromatic rings. The van der Waals surface area contributed by atoms with Crippen LogP contribution in [-0.4, -0.2) is 5.11 Å². The molecule has 0 spiro atoms. The van der Waals surface area contributed by atoms with Crippen LogP contribution in [0.25, 0.3) is 0 Å². The first-order valence-electron chi connectivity index (χ1n) is 6.63. The maximum atomic E-state index is 10.4. The van der Waals surface area contributed by atoms with Gasteiger partial charge in [0.05, 0.1) is 0 Å². The Hall–Kier alpha value is -0.980. The summed E-state index contributed by atoms with van der Waals surface area (Å²) in [5.41, 5.74) is 3.50. The van der Waals surface area contributed by atoms with Crippen molar-refractivity contribution in [3.8, 4) is 5.75 Å². The van der Waals surface area contributed by atoms with Crippen LogP contribution in [0.5, 0.6) is 5.75 Å². The second-order valence-corrected chi connectivity index (χ2v) is 6.24. The summed E-state index contributed by atoms with van der Waals surface area (Å²) >= 11 is 0. The van der Waals surface area contributed by atoms with Gasteiger partial charge in [0.1, 0.15) is 5.75 Å². The van der Waals surface area contributed by atoms with Crippen molar-refractivity contribution in [3.05, 3.63) is 28.8 Å². The molecular formula is C16H26O. The Labute approximate surface area is 106 Å². The van der Waals surface area contributed by atoms with E-state index in [4.69, 9.17) is 0 Å². The molecule has 1 N–H and O–H groups in total. The minimum Gasteiger partial charge on any atom is -0.507 e. The van der Waals surface area contributed by atoms with Crippen LogP contribution in [0.4, 0.5) is 0 Å². The van der Waals surface area contributed by atoms with E-state index in [9.17, 15) is 5.11 Å². The van der Waals surface area contributed by atoms with E-state index in [1.54, 1.807) is 0 Å². The second-order valence-electron chi connectivity index (χ2n) is 6.24. The Bertz CT molecular complexity index is 383. The number of aromatic hydroxyl groups is 1. The maximum Gasteiger partial charge on any atom is 0.122 e. The van der Waals surface area contributed by atoms with Gasteiger partial charge < -0.3 is 5.11 Å². The number of rotatable bonds is 3. The molecule has 0 amide bonds. The number of benzene rings is 1. The molecule has 0 fully saturated rings. The highest BCUT2D eigenvalue weighted by Crippen LogP contribution is 2.37. The molecule has 0 saturated carbocycles. The van der Waals surface area contributed by atoms with E-state index in [1.807, 2.05) is 0 Å². The third-order valence-electron chi connectivity index (χ3n) is 3.17. The number of hydrogen-bond acceptors (Lipinski definition) is 1. The standard InChI is InChI=1S/C16H26O/c1-7-8-12-9-13(11(2)3)15(17)14(10-12)16(4,5)6/h9-11,17H,7-8H2,1-6H3. The van der Waals surface area contributed by atoms with Crippen molar-refractivity contribution in [3.63, 3.8) is 0 Å².